The maximum absolute atomic E-state index is 5.65. The molecule has 0 radical (unpaired) electrons. The maximum atomic E-state index is 5.65. The number of halogens is 1. The Morgan fingerprint density at radius 3 is 2.94 bits per heavy atom. The van der Waals surface area contributed by atoms with Crippen molar-refractivity contribution in [3.8, 4) is 5.88 Å². The number of guanidine groups is 1. The molecule has 0 unspecified atom stereocenters. The van der Waals surface area contributed by atoms with Crippen LogP contribution >= 0.6 is 24.0 Å². The van der Waals surface area contributed by atoms with Gasteiger partial charge in [0.15, 0.2) is 11.8 Å². The van der Waals surface area contributed by atoms with Gasteiger partial charge in [0.2, 0.25) is 5.88 Å². The first-order chi connectivity index (χ1) is 8.11. The number of hydrogen-bond donors (Lipinski definition) is 2. The lowest BCUT2D eigenvalue weighted by molar-refractivity contribution is 0.394. The van der Waals surface area contributed by atoms with Crippen molar-refractivity contribution in [1.29, 1.82) is 0 Å². The van der Waals surface area contributed by atoms with E-state index in [1.807, 2.05) is 6.92 Å². The van der Waals surface area contributed by atoms with Crippen LogP contribution in [0.15, 0.2) is 29.4 Å². The third-order valence-corrected chi connectivity index (χ3v) is 1.85. The van der Waals surface area contributed by atoms with Crippen LogP contribution in [-0.4, -0.2) is 29.6 Å². The topological polar surface area (TPSA) is 85.4 Å². The first kappa shape index (κ1) is 16.6. The molecule has 0 amide bonds. The predicted octanol–water partition coefficient (Wildman–Crippen LogP) is 1.08. The molecule has 0 bridgehead atoms. The summed E-state index contributed by atoms with van der Waals surface area (Å²) in [5, 5.41) is 2.92. The van der Waals surface area contributed by atoms with Gasteiger partial charge in [0.25, 0.3) is 0 Å². The van der Waals surface area contributed by atoms with E-state index in [4.69, 9.17) is 10.5 Å². The number of nitrogens with two attached hydrogens (primary N) is 1. The van der Waals surface area contributed by atoms with Crippen molar-refractivity contribution in [1.82, 2.24) is 15.3 Å². The summed E-state index contributed by atoms with van der Waals surface area (Å²) in [5.74, 6) is 1.42. The van der Waals surface area contributed by atoms with Gasteiger partial charge in [0.1, 0.15) is 6.54 Å². The normalized spacial score (nSPS) is 10.4. The highest BCUT2D eigenvalue weighted by atomic mass is 127. The number of aliphatic imine (C=N–C) groups is 1. The van der Waals surface area contributed by atoms with E-state index in [1.165, 1.54) is 0 Å². The number of nitrogens with one attached hydrogen (secondary N) is 1. The Morgan fingerprint density at radius 2 is 2.33 bits per heavy atom. The summed E-state index contributed by atoms with van der Waals surface area (Å²) < 4.78 is 4.98. The van der Waals surface area contributed by atoms with E-state index < -0.39 is 0 Å². The van der Waals surface area contributed by atoms with E-state index in [1.54, 1.807) is 19.4 Å². The molecule has 0 aliphatic carbocycles. The minimum atomic E-state index is 0. The zero-order valence-corrected chi connectivity index (χ0v) is 12.8. The number of methoxy groups -OCH3 is 1. The van der Waals surface area contributed by atoms with Gasteiger partial charge in [0, 0.05) is 18.8 Å². The summed E-state index contributed by atoms with van der Waals surface area (Å²) in [4.78, 5) is 12.3. The van der Waals surface area contributed by atoms with Gasteiger partial charge in [-0.1, -0.05) is 12.2 Å². The molecule has 0 spiro atoms. The third kappa shape index (κ3) is 6.38. The largest absolute Gasteiger partial charge is 0.481 e. The van der Waals surface area contributed by atoms with Crippen molar-refractivity contribution in [2.24, 2.45) is 10.7 Å². The minimum Gasteiger partial charge on any atom is -0.481 e. The predicted molar refractivity (Wildman–Crippen MR) is 82.1 cm³/mol. The molecule has 1 aromatic rings. The van der Waals surface area contributed by atoms with Crippen molar-refractivity contribution in [2.45, 2.75) is 13.5 Å². The van der Waals surface area contributed by atoms with Crippen LogP contribution in [0.25, 0.3) is 0 Å². The second-order valence-corrected chi connectivity index (χ2v) is 3.53. The SMILES string of the molecule is C=C(C)CNC(N)=NCc1nccc(OC)n1.I. The van der Waals surface area contributed by atoms with Gasteiger partial charge >= 0.3 is 0 Å². The summed E-state index contributed by atoms with van der Waals surface area (Å²) in [5.41, 5.74) is 6.64. The van der Waals surface area contributed by atoms with Gasteiger partial charge in [-0.15, -0.1) is 24.0 Å². The van der Waals surface area contributed by atoms with Gasteiger partial charge in [-0.05, 0) is 6.92 Å². The number of ether oxygens (including phenoxy) is 1. The summed E-state index contributed by atoms with van der Waals surface area (Å²) in [6, 6.07) is 1.68. The van der Waals surface area contributed by atoms with Crippen LogP contribution in [-0.2, 0) is 6.54 Å². The first-order valence-electron chi connectivity index (χ1n) is 5.16. The molecule has 1 rings (SSSR count). The molecule has 0 aliphatic heterocycles. The average molecular weight is 363 g/mol. The molecule has 0 aliphatic rings. The van der Waals surface area contributed by atoms with Gasteiger partial charge in [-0.25, -0.2) is 9.98 Å². The second-order valence-electron chi connectivity index (χ2n) is 3.53. The lowest BCUT2D eigenvalue weighted by Crippen LogP contribution is -2.32. The van der Waals surface area contributed by atoms with Crippen LogP contribution in [0.5, 0.6) is 5.88 Å². The lowest BCUT2D eigenvalue weighted by atomic mass is 10.3. The fraction of sp³-hybridized carbons (Fsp3) is 0.364. The smallest absolute Gasteiger partial charge is 0.216 e. The fourth-order valence-electron chi connectivity index (χ4n) is 1.02. The number of nitrogens with zero attached hydrogens (tertiary/aromatic N) is 3. The zero-order valence-electron chi connectivity index (χ0n) is 10.5. The van der Waals surface area contributed by atoms with Crippen LogP contribution in [0.4, 0.5) is 0 Å². The summed E-state index contributed by atoms with van der Waals surface area (Å²) in [7, 11) is 1.55. The second kappa shape index (κ2) is 8.67. The summed E-state index contributed by atoms with van der Waals surface area (Å²) in [6.07, 6.45) is 1.62. The number of rotatable bonds is 5. The molecule has 0 saturated heterocycles. The Bertz CT molecular complexity index is 422. The van der Waals surface area contributed by atoms with Crippen molar-refractivity contribution in [3.05, 3.63) is 30.2 Å². The molecule has 100 valence electrons. The van der Waals surface area contributed by atoms with Gasteiger partial charge in [-0.3, -0.25) is 0 Å². The van der Waals surface area contributed by atoms with Crippen molar-refractivity contribution >= 4 is 29.9 Å². The molecule has 3 N–H and O–H groups in total. The summed E-state index contributed by atoms with van der Waals surface area (Å²) in [6.45, 7) is 6.58. The molecular formula is C11H18IN5O. The Hall–Kier alpha value is -1.38. The van der Waals surface area contributed by atoms with Crippen LogP contribution in [0.2, 0.25) is 0 Å². The van der Waals surface area contributed by atoms with E-state index in [0.29, 0.717) is 30.8 Å². The zero-order chi connectivity index (χ0) is 12.7. The Balaban J connectivity index is 0.00000289. The molecule has 0 aromatic carbocycles. The number of hydrogen-bond acceptors (Lipinski definition) is 4. The van der Waals surface area contributed by atoms with E-state index >= 15 is 0 Å². The monoisotopic (exact) mass is 363 g/mol. The molecule has 0 atom stereocenters. The molecule has 0 fully saturated rings. The standard InChI is InChI=1S/C11H17N5O.HI/c1-8(2)6-14-11(12)15-7-9-13-5-4-10(16-9)17-3;/h4-5H,1,6-7H2,2-3H3,(H3,12,14,15);1H. The third-order valence-electron chi connectivity index (χ3n) is 1.85. The van der Waals surface area contributed by atoms with Crippen LogP contribution in [0, 0.1) is 0 Å². The highest BCUT2D eigenvalue weighted by molar-refractivity contribution is 14.0. The lowest BCUT2D eigenvalue weighted by Gasteiger charge is -2.04. The Labute approximate surface area is 124 Å². The number of aromatic nitrogens is 2. The van der Waals surface area contributed by atoms with E-state index in [0.717, 1.165) is 5.57 Å². The van der Waals surface area contributed by atoms with Crippen LogP contribution in [0.3, 0.4) is 0 Å². The maximum Gasteiger partial charge on any atom is 0.216 e. The summed E-state index contributed by atoms with van der Waals surface area (Å²) >= 11 is 0. The quantitative estimate of drug-likeness (QED) is 0.354. The van der Waals surface area contributed by atoms with Crippen LogP contribution in [0.1, 0.15) is 12.7 Å². The highest BCUT2D eigenvalue weighted by Crippen LogP contribution is 2.04. The minimum absolute atomic E-state index is 0. The highest BCUT2D eigenvalue weighted by Gasteiger charge is 1.98. The molecule has 1 heterocycles. The van der Waals surface area contributed by atoms with E-state index in [-0.39, 0.29) is 24.0 Å². The van der Waals surface area contributed by atoms with Gasteiger partial charge < -0.3 is 15.8 Å². The molecule has 6 nitrogen and oxygen atoms in total. The van der Waals surface area contributed by atoms with E-state index in [2.05, 4.69) is 26.9 Å². The molecular weight excluding hydrogens is 345 g/mol. The van der Waals surface area contributed by atoms with E-state index in [9.17, 15) is 0 Å². The Morgan fingerprint density at radius 1 is 1.61 bits per heavy atom. The van der Waals surface area contributed by atoms with Crippen LogP contribution < -0.4 is 15.8 Å². The van der Waals surface area contributed by atoms with Crippen molar-refractivity contribution in [3.63, 3.8) is 0 Å². The fourth-order valence-corrected chi connectivity index (χ4v) is 1.02. The molecule has 18 heavy (non-hydrogen) atoms. The van der Waals surface area contributed by atoms with Crippen molar-refractivity contribution in [2.75, 3.05) is 13.7 Å². The van der Waals surface area contributed by atoms with Crippen molar-refractivity contribution < 1.29 is 4.74 Å². The van der Waals surface area contributed by atoms with Gasteiger partial charge in [0.05, 0.1) is 7.11 Å². The molecule has 0 saturated carbocycles. The molecule has 1 aromatic heterocycles. The first-order valence-corrected chi connectivity index (χ1v) is 5.16. The average Bonchev–Trinajstić information content (AvgIpc) is 2.34. The Kier molecular flexibility index (Phi) is 8.01. The van der Waals surface area contributed by atoms with Gasteiger partial charge in [-0.2, -0.15) is 4.98 Å². The molecule has 7 heteroatoms.